The molecule has 17 heavy (non-hydrogen) atoms. The van der Waals surface area contributed by atoms with Gasteiger partial charge in [0.15, 0.2) is 0 Å². The summed E-state index contributed by atoms with van der Waals surface area (Å²) in [5.74, 6) is 0. The maximum absolute atomic E-state index is 3.93. The molecule has 0 unspecified atom stereocenters. The van der Waals surface area contributed by atoms with Crippen LogP contribution in [0.2, 0.25) is 0 Å². The van der Waals surface area contributed by atoms with Crippen LogP contribution in [0, 0.1) is 0 Å². The van der Waals surface area contributed by atoms with Gasteiger partial charge in [0.25, 0.3) is 0 Å². The predicted octanol–water partition coefficient (Wildman–Crippen LogP) is 2.17. The molecule has 4 nitrogen and oxygen atoms in total. The number of nitrogens with zero attached hydrogens (tertiary/aromatic N) is 4. The minimum absolute atomic E-state index is 0.807. The van der Waals surface area contributed by atoms with Crippen molar-refractivity contribution in [3.05, 3.63) is 36.2 Å². The number of hydrogen-bond donors (Lipinski definition) is 0. The van der Waals surface area contributed by atoms with Crippen molar-refractivity contribution in [2.75, 3.05) is 18.2 Å². The Morgan fingerprint density at radius 3 is 2.88 bits per heavy atom. The number of hydrogen-bond acceptors (Lipinski definition) is 4. The van der Waals surface area contributed by atoms with Crippen molar-refractivity contribution in [1.29, 1.82) is 0 Å². The third-order valence-electron chi connectivity index (χ3n) is 2.70. The van der Waals surface area contributed by atoms with Crippen LogP contribution in [0.25, 0.3) is 0 Å². The molecule has 90 valence electrons. The van der Waals surface area contributed by atoms with Crippen LogP contribution >= 0.6 is 11.8 Å². The Kier molecular flexibility index (Phi) is 3.68. The van der Waals surface area contributed by atoms with Crippen LogP contribution in [0.15, 0.2) is 35.4 Å². The highest BCUT2D eigenvalue weighted by molar-refractivity contribution is 7.98. The van der Waals surface area contributed by atoms with E-state index in [2.05, 4.69) is 52.8 Å². The Labute approximate surface area is 106 Å². The molecular formula is C12H16N4S. The quantitative estimate of drug-likeness (QED) is 0.777. The molecule has 0 amide bonds. The molecule has 1 aromatic carbocycles. The van der Waals surface area contributed by atoms with Gasteiger partial charge in [-0.05, 0) is 24.5 Å². The number of aromatic nitrogens is 3. The fourth-order valence-electron chi connectivity index (χ4n) is 1.64. The Bertz CT molecular complexity index is 495. The molecule has 0 radical (unpaired) electrons. The second-order valence-electron chi connectivity index (χ2n) is 3.91. The molecule has 5 heteroatoms. The van der Waals surface area contributed by atoms with Gasteiger partial charge in [-0.15, -0.1) is 16.9 Å². The normalized spacial score (nSPS) is 10.5. The number of anilines is 1. The summed E-state index contributed by atoms with van der Waals surface area (Å²) in [6.07, 6.45) is 3.89. The highest BCUT2D eigenvalue weighted by Gasteiger charge is 2.06. The molecule has 0 aliphatic carbocycles. The van der Waals surface area contributed by atoms with Gasteiger partial charge in [0.05, 0.1) is 18.4 Å². The molecule has 2 aromatic rings. The lowest BCUT2D eigenvalue weighted by Gasteiger charge is -2.19. The van der Waals surface area contributed by atoms with E-state index < -0.39 is 0 Å². The van der Waals surface area contributed by atoms with E-state index in [0.717, 1.165) is 12.2 Å². The van der Waals surface area contributed by atoms with Crippen LogP contribution in [-0.2, 0) is 13.6 Å². The van der Waals surface area contributed by atoms with E-state index in [1.54, 1.807) is 22.6 Å². The monoisotopic (exact) mass is 248 g/mol. The molecule has 0 aliphatic rings. The van der Waals surface area contributed by atoms with Crippen LogP contribution in [0.3, 0.4) is 0 Å². The molecule has 0 spiro atoms. The second-order valence-corrected chi connectivity index (χ2v) is 4.79. The first-order valence-electron chi connectivity index (χ1n) is 5.39. The van der Waals surface area contributed by atoms with E-state index in [0.29, 0.717) is 0 Å². The summed E-state index contributed by atoms with van der Waals surface area (Å²) in [7, 11) is 3.99. The van der Waals surface area contributed by atoms with E-state index >= 15 is 0 Å². The first-order valence-corrected chi connectivity index (χ1v) is 6.62. The molecule has 0 bridgehead atoms. The Morgan fingerprint density at radius 1 is 1.41 bits per heavy atom. The van der Waals surface area contributed by atoms with Gasteiger partial charge in [-0.1, -0.05) is 11.3 Å². The smallest absolute Gasteiger partial charge is 0.0776 e. The molecule has 0 aliphatic heterocycles. The van der Waals surface area contributed by atoms with Gasteiger partial charge in [-0.2, -0.15) is 0 Å². The van der Waals surface area contributed by atoms with Crippen molar-refractivity contribution < 1.29 is 0 Å². The maximum Gasteiger partial charge on any atom is 0.0776 e. The third-order valence-corrected chi connectivity index (χ3v) is 3.43. The molecule has 0 fully saturated rings. The van der Waals surface area contributed by atoms with Crippen molar-refractivity contribution in [2.45, 2.75) is 11.4 Å². The Morgan fingerprint density at radius 2 is 2.24 bits per heavy atom. The van der Waals surface area contributed by atoms with Crippen LogP contribution in [0.1, 0.15) is 5.69 Å². The van der Waals surface area contributed by atoms with Gasteiger partial charge in [0.1, 0.15) is 0 Å². The summed E-state index contributed by atoms with van der Waals surface area (Å²) in [4.78, 5) is 3.47. The fourth-order valence-corrected chi connectivity index (χ4v) is 2.09. The highest BCUT2D eigenvalue weighted by Crippen LogP contribution is 2.22. The Balaban J connectivity index is 2.14. The number of benzene rings is 1. The number of thioether (sulfide) groups is 1. The van der Waals surface area contributed by atoms with Crippen molar-refractivity contribution in [1.82, 2.24) is 15.0 Å². The maximum atomic E-state index is 3.93. The first kappa shape index (κ1) is 12.0. The zero-order valence-corrected chi connectivity index (χ0v) is 11.1. The number of rotatable bonds is 4. The van der Waals surface area contributed by atoms with Gasteiger partial charge < -0.3 is 4.90 Å². The lowest BCUT2D eigenvalue weighted by molar-refractivity contribution is 0.670. The summed E-state index contributed by atoms with van der Waals surface area (Å²) in [5.41, 5.74) is 2.31. The summed E-state index contributed by atoms with van der Waals surface area (Å²) >= 11 is 1.75. The minimum atomic E-state index is 0.807. The first-order chi connectivity index (χ1) is 8.20. The third kappa shape index (κ3) is 2.79. The average Bonchev–Trinajstić information content (AvgIpc) is 2.75. The second kappa shape index (κ2) is 5.23. The van der Waals surface area contributed by atoms with Crippen LogP contribution < -0.4 is 4.90 Å². The molecular weight excluding hydrogens is 232 g/mol. The van der Waals surface area contributed by atoms with E-state index in [4.69, 9.17) is 0 Å². The standard InChI is InChI=1S/C12H16N4S/c1-15(9-11-8-13-14-16(11)2)10-5-4-6-12(7-10)17-3/h4-8H,9H2,1-3H3. The fraction of sp³-hybridized carbons (Fsp3) is 0.333. The van der Waals surface area contributed by atoms with Gasteiger partial charge in [-0.3, -0.25) is 4.68 Å². The SMILES string of the molecule is CSc1cccc(N(C)Cc2cnnn2C)c1. The van der Waals surface area contributed by atoms with E-state index in [9.17, 15) is 0 Å². The van der Waals surface area contributed by atoms with Crippen molar-refractivity contribution in [3.8, 4) is 0 Å². The summed E-state index contributed by atoms with van der Waals surface area (Å²) in [5, 5.41) is 7.82. The molecule has 0 atom stereocenters. The van der Waals surface area contributed by atoms with Crippen molar-refractivity contribution >= 4 is 17.4 Å². The average molecular weight is 248 g/mol. The lowest BCUT2D eigenvalue weighted by Crippen LogP contribution is -2.18. The van der Waals surface area contributed by atoms with Crippen LogP contribution in [0.5, 0.6) is 0 Å². The molecule has 0 N–H and O–H groups in total. The summed E-state index contributed by atoms with van der Waals surface area (Å²) in [6, 6.07) is 8.50. The van der Waals surface area contributed by atoms with Crippen LogP contribution in [0.4, 0.5) is 5.69 Å². The van der Waals surface area contributed by atoms with Gasteiger partial charge in [0, 0.05) is 24.7 Å². The molecule has 0 saturated carbocycles. The minimum Gasteiger partial charge on any atom is -0.369 e. The molecule has 0 saturated heterocycles. The van der Waals surface area contributed by atoms with Crippen molar-refractivity contribution in [3.63, 3.8) is 0 Å². The van der Waals surface area contributed by atoms with E-state index in [1.165, 1.54) is 10.6 Å². The highest BCUT2D eigenvalue weighted by atomic mass is 32.2. The molecule has 1 heterocycles. The molecule has 1 aromatic heterocycles. The zero-order valence-electron chi connectivity index (χ0n) is 10.3. The Hall–Kier alpha value is -1.49. The largest absolute Gasteiger partial charge is 0.369 e. The van der Waals surface area contributed by atoms with E-state index in [-0.39, 0.29) is 0 Å². The lowest BCUT2D eigenvalue weighted by atomic mass is 10.3. The van der Waals surface area contributed by atoms with Crippen LogP contribution in [-0.4, -0.2) is 28.3 Å². The van der Waals surface area contributed by atoms with Gasteiger partial charge in [-0.25, -0.2) is 0 Å². The van der Waals surface area contributed by atoms with Gasteiger partial charge in [0.2, 0.25) is 0 Å². The summed E-state index contributed by atoms with van der Waals surface area (Å²) < 4.78 is 1.80. The topological polar surface area (TPSA) is 34.0 Å². The van der Waals surface area contributed by atoms with Gasteiger partial charge >= 0.3 is 0 Å². The van der Waals surface area contributed by atoms with Crippen molar-refractivity contribution in [2.24, 2.45) is 7.05 Å². The zero-order chi connectivity index (χ0) is 12.3. The summed E-state index contributed by atoms with van der Waals surface area (Å²) in [6.45, 7) is 0.807. The number of aryl methyl sites for hydroxylation is 1. The van der Waals surface area contributed by atoms with E-state index in [1.807, 2.05) is 7.05 Å². The molecule has 2 rings (SSSR count). The predicted molar refractivity (Wildman–Crippen MR) is 71.3 cm³/mol.